The molecule has 6 heteroatoms. The van der Waals surface area contributed by atoms with Crippen LogP contribution in [0.3, 0.4) is 0 Å². The quantitative estimate of drug-likeness (QED) is 0.871. The van der Waals surface area contributed by atoms with Crippen molar-refractivity contribution >= 4 is 11.6 Å². The van der Waals surface area contributed by atoms with Gasteiger partial charge in [0, 0.05) is 6.54 Å². The summed E-state index contributed by atoms with van der Waals surface area (Å²) in [4.78, 5) is 2.04. The Morgan fingerprint density at radius 2 is 2.05 bits per heavy atom. The van der Waals surface area contributed by atoms with Gasteiger partial charge in [-0.15, -0.1) is 0 Å². The van der Waals surface area contributed by atoms with E-state index in [0.717, 1.165) is 25.8 Å². The molecule has 5 nitrogen and oxygen atoms in total. The smallest absolute Gasteiger partial charge is 0.126 e. The summed E-state index contributed by atoms with van der Waals surface area (Å²) < 4.78 is 1.71. The Morgan fingerprint density at radius 1 is 1.40 bits per heavy atom. The lowest BCUT2D eigenvalue weighted by atomic mass is 9.79. The summed E-state index contributed by atoms with van der Waals surface area (Å²) in [5.41, 5.74) is -0.532. The van der Waals surface area contributed by atoms with Gasteiger partial charge in [-0.2, -0.15) is 5.10 Å². The third-order valence-electron chi connectivity index (χ3n) is 4.08. The molecule has 1 aliphatic rings. The first-order valence-electron chi connectivity index (χ1n) is 7.20. The Labute approximate surface area is 125 Å². The van der Waals surface area contributed by atoms with E-state index in [9.17, 15) is 10.2 Å². The van der Waals surface area contributed by atoms with Crippen molar-refractivity contribution < 1.29 is 10.2 Å². The van der Waals surface area contributed by atoms with Gasteiger partial charge in [0.15, 0.2) is 0 Å². The van der Waals surface area contributed by atoms with Crippen LogP contribution in [0.2, 0.25) is 5.02 Å². The van der Waals surface area contributed by atoms with Crippen LogP contribution in [0.25, 0.3) is 0 Å². The highest BCUT2D eigenvalue weighted by Gasteiger charge is 2.40. The van der Waals surface area contributed by atoms with Crippen molar-refractivity contribution in [1.82, 2.24) is 14.7 Å². The number of likely N-dealkylation sites (N-methyl/N-ethyl adjacent to an activating group) is 1. The summed E-state index contributed by atoms with van der Waals surface area (Å²) in [5, 5.41) is 25.9. The largest absolute Gasteiger partial charge is 0.387 e. The molecule has 1 atom stereocenters. The van der Waals surface area contributed by atoms with Crippen LogP contribution in [-0.4, -0.2) is 51.1 Å². The van der Waals surface area contributed by atoms with Crippen LogP contribution in [0.4, 0.5) is 0 Å². The van der Waals surface area contributed by atoms with Crippen molar-refractivity contribution in [3.63, 3.8) is 0 Å². The number of hydrogen-bond acceptors (Lipinski definition) is 4. The molecule has 1 saturated carbocycles. The van der Waals surface area contributed by atoms with E-state index >= 15 is 0 Å². The van der Waals surface area contributed by atoms with Crippen LogP contribution in [0.1, 0.15) is 43.9 Å². The molecule has 1 unspecified atom stereocenters. The summed E-state index contributed by atoms with van der Waals surface area (Å²) in [6.07, 6.45) is 4.80. The first kappa shape index (κ1) is 15.8. The standard InChI is InChI=1S/C14H24ClN3O2/c1-17(2)8-9-18-12(11(15)10-16-18)13(19)14(20)6-4-3-5-7-14/h10,13,19-20H,3-9H2,1-2H3. The molecule has 2 N–H and O–H groups in total. The predicted octanol–water partition coefficient (Wildman–Crippen LogP) is 1.83. The van der Waals surface area contributed by atoms with E-state index in [1.54, 1.807) is 10.9 Å². The lowest BCUT2D eigenvalue weighted by Gasteiger charge is -2.36. The third kappa shape index (κ3) is 3.34. The number of aliphatic hydroxyl groups is 2. The van der Waals surface area contributed by atoms with E-state index in [4.69, 9.17) is 11.6 Å². The summed E-state index contributed by atoms with van der Waals surface area (Å²) in [7, 11) is 3.96. The van der Waals surface area contributed by atoms with Crippen molar-refractivity contribution in [2.24, 2.45) is 0 Å². The molecule has 0 radical (unpaired) electrons. The van der Waals surface area contributed by atoms with Gasteiger partial charge in [-0.25, -0.2) is 0 Å². The van der Waals surface area contributed by atoms with E-state index in [2.05, 4.69) is 5.10 Å². The second-order valence-electron chi connectivity index (χ2n) is 5.97. The second kappa shape index (κ2) is 6.43. The summed E-state index contributed by atoms with van der Waals surface area (Å²) >= 11 is 6.17. The van der Waals surface area contributed by atoms with E-state index < -0.39 is 11.7 Å². The average Bonchev–Trinajstić information content (AvgIpc) is 2.77. The van der Waals surface area contributed by atoms with Gasteiger partial charge in [-0.05, 0) is 26.9 Å². The Bertz CT molecular complexity index is 442. The molecule has 0 bridgehead atoms. The second-order valence-corrected chi connectivity index (χ2v) is 6.38. The van der Waals surface area contributed by atoms with Gasteiger partial charge in [0.05, 0.1) is 29.1 Å². The van der Waals surface area contributed by atoms with E-state index in [-0.39, 0.29) is 0 Å². The number of aliphatic hydroxyl groups excluding tert-OH is 1. The van der Waals surface area contributed by atoms with Crippen LogP contribution >= 0.6 is 11.6 Å². The van der Waals surface area contributed by atoms with Crippen LogP contribution in [0.15, 0.2) is 6.20 Å². The van der Waals surface area contributed by atoms with Crippen LogP contribution in [-0.2, 0) is 6.54 Å². The molecule has 114 valence electrons. The zero-order valence-corrected chi connectivity index (χ0v) is 13.0. The Hall–Kier alpha value is -0.620. The summed E-state index contributed by atoms with van der Waals surface area (Å²) in [6, 6.07) is 0. The van der Waals surface area contributed by atoms with Gasteiger partial charge in [0.1, 0.15) is 6.10 Å². The lowest BCUT2D eigenvalue weighted by Crippen LogP contribution is -2.39. The molecular weight excluding hydrogens is 278 g/mol. The monoisotopic (exact) mass is 301 g/mol. The minimum Gasteiger partial charge on any atom is -0.387 e. The van der Waals surface area contributed by atoms with Crippen molar-refractivity contribution in [3.05, 3.63) is 16.9 Å². The van der Waals surface area contributed by atoms with E-state index in [0.29, 0.717) is 30.1 Å². The van der Waals surface area contributed by atoms with Crippen molar-refractivity contribution in [1.29, 1.82) is 0 Å². The SMILES string of the molecule is CN(C)CCn1ncc(Cl)c1C(O)C1(O)CCCCC1. The first-order chi connectivity index (χ1) is 9.44. The fourth-order valence-corrected chi connectivity index (χ4v) is 3.05. The molecule has 2 rings (SSSR count). The van der Waals surface area contributed by atoms with Gasteiger partial charge in [-0.1, -0.05) is 30.9 Å². The van der Waals surface area contributed by atoms with E-state index in [1.165, 1.54) is 0 Å². The fourth-order valence-electron chi connectivity index (χ4n) is 2.81. The number of aromatic nitrogens is 2. The van der Waals surface area contributed by atoms with E-state index in [1.807, 2.05) is 19.0 Å². The van der Waals surface area contributed by atoms with Crippen LogP contribution in [0.5, 0.6) is 0 Å². The topological polar surface area (TPSA) is 61.5 Å². The first-order valence-corrected chi connectivity index (χ1v) is 7.58. The minimum absolute atomic E-state index is 0.426. The normalized spacial score (nSPS) is 20.3. The lowest BCUT2D eigenvalue weighted by molar-refractivity contribution is -0.102. The minimum atomic E-state index is -1.07. The highest BCUT2D eigenvalue weighted by molar-refractivity contribution is 6.31. The maximum atomic E-state index is 10.7. The molecule has 0 spiro atoms. The van der Waals surface area contributed by atoms with Crippen LogP contribution in [0, 0.1) is 0 Å². The number of hydrogen-bond donors (Lipinski definition) is 2. The van der Waals surface area contributed by atoms with Gasteiger partial charge in [0.25, 0.3) is 0 Å². The molecule has 0 amide bonds. The third-order valence-corrected chi connectivity index (χ3v) is 4.37. The maximum absolute atomic E-state index is 10.7. The van der Waals surface area contributed by atoms with Gasteiger partial charge in [-0.3, -0.25) is 4.68 Å². The zero-order chi connectivity index (χ0) is 14.8. The Balaban J connectivity index is 2.19. The molecule has 20 heavy (non-hydrogen) atoms. The molecule has 0 aromatic carbocycles. The Kier molecular flexibility index (Phi) is 5.07. The molecule has 0 saturated heterocycles. The van der Waals surface area contributed by atoms with Gasteiger partial charge < -0.3 is 15.1 Å². The summed E-state index contributed by atoms with van der Waals surface area (Å²) in [6.45, 7) is 1.44. The van der Waals surface area contributed by atoms with Crippen molar-refractivity contribution in [2.75, 3.05) is 20.6 Å². The molecular formula is C14H24ClN3O2. The predicted molar refractivity (Wildman–Crippen MR) is 78.8 cm³/mol. The Morgan fingerprint density at radius 3 is 2.65 bits per heavy atom. The highest BCUT2D eigenvalue weighted by atomic mass is 35.5. The highest BCUT2D eigenvalue weighted by Crippen LogP contribution is 2.40. The summed E-state index contributed by atoms with van der Waals surface area (Å²) in [5.74, 6) is 0. The number of rotatable bonds is 5. The van der Waals surface area contributed by atoms with Crippen molar-refractivity contribution in [2.45, 2.75) is 50.4 Å². The van der Waals surface area contributed by atoms with Gasteiger partial charge in [0.2, 0.25) is 0 Å². The number of halogens is 1. The molecule has 1 heterocycles. The number of nitrogens with zero attached hydrogens (tertiary/aromatic N) is 3. The van der Waals surface area contributed by atoms with Gasteiger partial charge >= 0.3 is 0 Å². The van der Waals surface area contributed by atoms with Crippen LogP contribution < -0.4 is 0 Å². The average molecular weight is 302 g/mol. The molecule has 0 aliphatic heterocycles. The molecule has 1 aromatic heterocycles. The zero-order valence-electron chi connectivity index (χ0n) is 12.2. The van der Waals surface area contributed by atoms with Crippen molar-refractivity contribution in [3.8, 4) is 0 Å². The maximum Gasteiger partial charge on any atom is 0.126 e. The fraction of sp³-hybridized carbons (Fsp3) is 0.786. The molecule has 1 aliphatic carbocycles. The molecule has 1 fully saturated rings. The molecule has 1 aromatic rings.